The van der Waals surface area contributed by atoms with Crippen LogP contribution >= 0.6 is 0 Å². The molecular formula is C14H19N3. The van der Waals surface area contributed by atoms with Crippen LogP contribution in [0, 0.1) is 11.3 Å². The molecule has 1 aromatic rings. The van der Waals surface area contributed by atoms with Gasteiger partial charge in [0.1, 0.15) is 0 Å². The Labute approximate surface area is 103 Å². The van der Waals surface area contributed by atoms with Crippen molar-refractivity contribution < 1.29 is 0 Å². The number of benzene rings is 1. The smallest absolute Gasteiger partial charge is 0.0980 e. The van der Waals surface area contributed by atoms with Crippen molar-refractivity contribution in [1.82, 2.24) is 4.90 Å². The van der Waals surface area contributed by atoms with Gasteiger partial charge in [0, 0.05) is 18.3 Å². The van der Waals surface area contributed by atoms with Crippen LogP contribution in [0.4, 0.5) is 5.69 Å². The molecule has 17 heavy (non-hydrogen) atoms. The maximum atomic E-state index is 9.19. The molecule has 1 aliphatic carbocycles. The van der Waals surface area contributed by atoms with Gasteiger partial charge in [-0.2, -0.15) is 5.26 Å². The Morgan fingerprint density at radius 2 is 2.29 bits per heavy atom. The molecule has 2 rings (SSSR count). The van der Waals surface area contributed by atoms with Gasteiger partial charge in [-0.25, -0.2) is 0 Å². The normalized spacial score (nSPS) is 16.8. The van der Waals surface area contributed by atoms with E-state index in [1.54, 1.807) is 0 Å². The predicted octanol–water partition coefficient (Wildman–Crippen LogP) is 2.54. The molecule has 2 N–H and O–H groups in total. The van der Waals surface area contributed by atoms with Crippen LogP contribution in [0.5, 0.6) is 0 Å². The van der Waals surface area contributed by atoms with Gasteiger partial charge in [0.2, 0.25) is 0 Å². The van der Waals surface area contributed by atoms with Crippen LogP contribution in [-0.4, -0.2) is 17.0 Å². The molecule has 0 aromatic heterocycles. The lowest BCUT2D eigenvalue weighted by Gasteiger charge is -2.26. The topological polar surface area (TPSA) is 53.0 Å². The molecule has 1 atom stereocenters. The fourth-order valence-corrected chi connectivity index (χ4v) is 2.20. The van der Waals surface area contributed by atoms with E-state index < -0.39 is 0 Å². The Balaban J connectivity index is 2.10. The zero-order chi connectivity index (χ0) is 12.3. The van der Waals surface area contributed by atoms with Crippen molar-refractivity contribution in [3.8, 4) is 6.07 Å². The van der Waals surface area contributed by atoms with E-state index in [1.165, 1.54) is 18.4 Å². The van der Waals surface area contributed by atoms with Crippen LogP contribution in [-0.2, 0) is 6.54 Å². The van der Waals surface area contributed by atoms with Gasteiger partial charge in [0.15, 0.2) is 0 Å². The second kappa shape index (κ2) is 5.20. The van der Waals surface area contributed by atoms with E-state index in [9.17, 15) is 5.26 Å². The summed E-state index contributed by atoms with van der Waals surface area (Å²) in [5, 5.41) is 9.19. The van der Waals surface area contributed by atoms with Crippen LogP contribution in [0.25, 0.3) is 0 Å². The van der Waals surface area contributed by atoms with Crippen molar-refractivity contribution >= 4 is 5.69 Å². The first kappa shape index (κ1) is 11.9. The molecule has 90 valence electrons. The Bertz CT molecular complexity index is 418. The molecule has 0 saturated heterocycles. The van der Waals surface area contributed by atoms with E-state index in [4.69, 9.17) is 5.73 Å². The second-order valence-electron chi connectivity index (χ2n) is 4.70. The number of hydrogen-bond donors (Lipinski definition) is 1. The Morgan fingerprint density at radius 1 is 1.53 bits per heavy atom. The van der Waals surface area contributed by atoms with Crippen molar-refractivity contribution in [2.75, 3.05) is 5.73 Å². The zero-order valence-corrected chi connectivity index (χ0v) is 10.3. The van der Waals surface area contributed by atoms with Gasteiger partial charge in [-0.05, 0) is 37.0 Å². The van der Waals surface area contributed by atoms with E-state index in [0.717, 1.165) is 18.7 Å². The molecule has 0 aliphatic heterocycles. The zero-order valence-electron chi connectivity index (χ0n) is 10.3. The average Bonchev–Trinajstić information content (AvgIpc) is 3.13. The standard InChI is InChI=1S/C14H19N3/c1-2-13(9-15)17(14-6-7-14)10-11-4-3-5-12(16)8-11/h3-5,8,13-14H,2,6-7,10,16H2,1H3. The SMILES string of the molecule is CCC(C#N)N(Cc1cccc(N)c1)C1CC1. The molecule has 1 fully saturated rings. The third-order valence-electron chi connectivity index (χ3n) is 3.27. The number of anilines is 1. The summed E-state index contributed by atoms with van der Waals surface area (Å²) in [4.78, 5) is 2.31. The summed E-state index contributed by atoms with van der Waals surface area (Å²) in [5.41, 5.74) is 7.78. The number of nitrogens with two attached hydrogens (primary N) is 1. The first-order chi connectivity index (χ1) is 8.24. The minimum atomic E-state index is 0.0314. The molecule has 0 spiro atoms. The quantitative estimate of drug-likeness (QED) is 0.789. The summed E-state index contributed by atoms with van der Waals surface area (Å²) in [6.45, 7) is 2.91. The highest BCUT2D eigenvalue weighted by Gasteiger charge is 2.33. The number of rotatable bonds is 5. The fraction of sp³-hybridized carbons (Fsp3) is 0.500. The van der Waals surface area contributed by atoms with Gasteiger partial charge < -0.3 is 5.73 Å². The fourth-order valence-electron chi connectivity index (χ4n) is 2.20. The summed E-state index contributed by atoms with van der Waals surface area (Å²) >= 11 is 0. The van der Waals surface area contributed by atoms with Gasteiger partial charge in [-0.15, -0.1) is 0 Å². The molecule has 0 amide bonds. The number of nitriles is 1. The molecule has 1 saturated carbocycles. The van der Waals surface area contributed by atoms with E-state index in [2.05, 4.69) is 24.0 Å². The summed E-state index contributed by atoms with van der Waals surface area (Å²) < 4.78 is 0. The molecule has 1 aliphatic rings. The Hall–Kier alpha value is -1.53. The molecule has 0 heterocycles. The average molecular weight is 229 g/mol. The lowest BCUT2D eigenvalue weighted by molar-refractivity contribution is 0.210. The summed E-state index contributed by atoms with van der Waals surface area (Å²) in [7, 11) is 0. The van der Waals surface area contributed by atoms with Gasteiger partial charge in [0.05, 0.1) is 12.1 Å². The first-order valence-electron chi connectivity index (χ1n) is 6.24. The van der Waals surface area contributed by atoms with E-state index in [-0.39, 0.29) is 6.04 Å². The van der Waals surface area contributed by atoms with Crippen LogP contribution in [0.1, 0.15) is 31.7 Å². The largest absolute Gasteiger partial charge is 0.399 e. The van der Waals surface area contributed by atoms with Gasteiger partial charge >= 0.3 is 0 Å². The highest BCUT2D eigenvalue weighted by atomic mass is 15.2. The molecular weight excluding hydrogens is 210 g/mol. The monoisotopic (exact) mass is 229 g/mol. The van der Waals surface area contributed by atoms with Crippen LogP contribution in [0.15, 0.2) is 24.3 Å². The third-order valence-corrected chi connectivity index (χ3v) is 3.27. The molecule has 1 aromatic carbocycles. The Kier molecular flexibility index (Phi) is 3.65. The van der Waals surface area contributed by atoms with Crippen LogP contribution in [0.3, 0.4) is 0 Å². The number of nitrogens with zero attached hydrogens (tertiary/aromatic N) is 2. The predicted molar refractivity (Wildman–Crippen MR) is 69.1 cm³/mol. The third kappa shape index (κ3) is 2.98. The van der Waals surface area contributed by atoms with Crippen LogP contribution < -0.4 is 5.73 Å². The number of hydrogen-bond acceptors (Lipinski definition) is 3. The molecule has 3 nitrogen and oxygen atoms in total. The number of nitrogen functional groups attached to an aromatic ring is 1. The highest BCUT2D eigenvalue weighted by molar-refractivity contribution is 5.40. The highest BCUT2D eigenvalue weighted by Crippen LogP contribution is 2.31. The molecule has 3 heteroatoms. The minimum Gasteiger partial charge on any atom is -0.399 e. The molecule has 1 unspecified atom stereocenters. The van der Waals surface area contributed by atoms with E-state index >= 15 is 0 Å². The molecule has 0 radical (unpaired) electrons. The lowest BCUT2D eigenvalue weighted by Crippen LogP contribution is -2.35. The summed E-state index contributed by atoms with van der Waals surface area (Å²) in [5.74, 6) is 0. The van der Waals surface area contributed by atoms with Crippen molar-refractivity contribution in [2.24, 2.45) is 0 Å². The maximum absolute atomic E-state index is 9.19. The van der Waals surface area contributed by atoms with Crippen molar-refractivity contribution in [3.05, 3.63) is 29.8 Å². The minimum absolute atomic E-state index is 0.0314. The van der Waals surface area contributed by atoms with Crippen molar-refractivity contribution in [1.29, 1.82) is 5.26 Å². The summed E-state index contributed by atoms with van der Waals surface area (Å²) in [6.07, 6.45) is 3.33. The van der Waals surface area contributed by atoms with Crippen molar-refractivity contribution in [3.63, 3.8) is 0 Å². The Morgan fingerprint density at radius 3 is 2.82 bits per heavy atom. The maximum Gasteiger partial charge on any atom is 0.0980 e. The molecule has 0 bridgehead atoms. The van der Waals surface area contributed by atoms with E-state index in [1.807, 2.05) is 18.2 Å². The van der Waals surface area contributed by atoms with Gasteiger partial charge in [0.25, 0.3) is 0 Å². The second-order valence-corrected chi connectivity index (χ2v) is 4.70. The first-order valence-corrected chi connectivity index (χ1v) is 6.24. The van der Waals surface area contributed by atoms with Gasteiger partial charge in [-0.3, -0.25) is 4.90 Å². The summed E-state index contributed by atoms with van der Waals surface area (Å²) in [6, 6.07) is 11.0. The van der Waals surface area contributed by atoms with Crippen molar-refractivity contribution in [2.45, 2.75) is 44.8 Å². The lowest BCUT2D eigenvalue weighted by atomic mass is 10.1. The van der Waals surface area contributed by atoms with Gasteiger partial charge in [-0.1, -0.05) is 19.1 Å². The van der Waals surface area contributed by atoms with E-state index in [0.29, 0.717) is 6.04 Å². The van der Waals surface area contributed by atoms with Crippen LogP contribution in [0.2, 0.25) is 0 Å².